The Kier molecular flexibility index (Phi) is 14.2. The number of esters is 2. The summed E-state index contributed by atoms with van der Waals surface area (Å²) in [4.78, 5) is 35.4. The Balaban J connectivity index is 0.000000434. The summed E-state index contributed by atoms with van der Waals surface area (Å²) in [5.74, 6) is -1.29. The van der Waals surface area contributed by atoms with Gasteiger partial charge < -0.3 is 30.7 Å². The number of phenols is 2. The van der Waals surface area contributed by atoms with Gasteiger partial charge in [0.1, 0.15) is 23.6 Å². The first-order valence-corrected chi connectivity index (χ1v) is 12.0. The molecule has 0 aliphatic rings. The number of carbonyl (C=O) groups is 3. The van der Waals surface area contributed by atoms with Gasteiger partial charge in [-0.05, 0) is 53.9 Å². The lowest BCUT2D eigenvalue weighted by Crippen LogP contribution is -2.43. The van der Waals surface area contributed by atoms with Gasteiger partial charge in [-0.2, -0.15) is 0 Å². The molecule has 0 radical (unpaired) electrons. The van der Waals surface area contributed by atoms with Crippen LogP contribution in [0.1, 0.15) is 21.5 Å². The zero-order valence-electron chi connectivity index (χ0n) is 21.1. The number of phenolic OH excluding ortho intramolecular Hbond substituents is 2. The van der Waals surface area contributed by atoms with Crippen LogP contribution < -0.4 is 11.1 Å². The van der Waals surface area contributed by atoms with Crippen molar-refractivity contribution in [2.24, 2.45) is 5.73 Å². The van der Waals surface area contributed by atoms with E-state index in [1.165, 1.54) is 38.5 Å². The van der Waals surface area contributed by atoms with E-state index in [-0.39, 0.29) is 45.9 Å². The van der Waals surface area contributed by atoms with Crippen molar-refractivity contribution in [1.82, 2.24) is 5.32 Å². The van der Waals surface area contributed by atoms with Gasteiger partial charge in [0, 0.05) is 6.42 Å². The third-order valence-electron chi connectivity index (χ3n) is 5.25. The molecule has 0 aliphatic heterocycles. The summed E-state index contributed by atoms with van der Waals surface area (Å²) >= 11 is 12.0. The van der Waals surface area contributed by atoms with Crippen molar-refractivity contribution in [2.75, 3.05) is 14.2 Å². The SMILES string of the molecule is COC(=O)[C@@H](N)Cc1ccc(O)cc1.COC(=O)[C@H](Cc1ccc(O)cc1)NC(=O)c1c(Cl)cccc1Cl.Cl. The van der Waals surface area contributed by atoms with Crippen LogP contribution in [0.4, 0.5) is 0 Å². The van der Waals surface area contributed by atoms with Crippen molar-refractivity contribution in [3.63, 3.8) is 0 Å². The summed E-state index contributed by atoms with van der Waals surface area (Å²) in [6.07, 6.45) is 0.605. The van der Waals surface area contributed by atoms with Crippen LogP contribution in [0, 0.1) is 0 Å². The number of methoxy groups -OCH3 is 2. The van der Waals surface area contributed by atoms with E-state index in [9.17, 15) is 19.5 Å². The highest BCUT2D eigenvalue weighted by atomic mass is 35.5. The lowest BCUT2D eigenvalue weighted by atomic mass is 10.1. The highest BCUT2D eigenvalue weighted by Crippen LogP contribution is 2.24. The highest BCUT2D eigenvalue weighted by molar-refractivity contribution is 6.39. The molecule has 0 aromatic heterocycles. The summed E-state index contributed by atoms with van der Waals surface area (Å²) < 4.78 is 9.23. The van der Waals surface area contributed by atoms with E-state index < -0.39 is 29.9 Å². The molecule has 0 unspecified atom stereocenters. The van der Waals surface area contributed by atoms with Crippen LogP contribution in [0.25, 0.3) is 0 Å². The quantitative estimate of drug-likeness (QED) is 0.283. The molecule has 3 aromatic rings. The fourth-order valence-electron chi connectivity index (χ4n) is 3.27. The summed E-state index contributed by atoms with van der Waals surface area (Å²) in [5.41, 5.74) is 7.29. The Morgan fingerprint density at radius 2 is 1.23 bits per heavy atom. The molecule has 3 rings (SSSR count). The number of rotatable bonds is 8. The van der Waals surface area contributed by atoms with Gasteiger partial charge in [-0.25, -0.2) is 4.79 Å². The Labute approximate surface area is 242 Å². The average Bonchev–Trinajstić information content (AvgIpc) is 2.90. The molecule has 3 aromatic carbocycles. The molecular formula is C27H29Cl3N2O7. The van der Waals surface area contributed by atoms with Crippen LogP contribution in [0.3, 0.4) is 0 Å². The van der Waals surface area contributed by atoms with E-state index in [4.69, 9.17) is 38.8 Å². The summed E-state index contributed by atoms with van der Waals surface area (Å²) in [5, 5.41) is 21.3. The van der Waals surface area contributed by atoms with Crippen molar-refractivity contribution in [1.29, 1.82) is 0 Å². The van der Waals surface area contributed by atoms with E-state index >= 15 is 0 Å². The zero-order chi connectivity index (χ0) is 28.2. The third-order valence-corrected chi connectivity index (χ3v) is 5.88. The maximum absolute atomic E-state index is 12.4. The van der Waals surface area contributed by atoms with E-state index in [1.807, 2.05) is 0 Å². The smallest absolute Gasteiger partial charge is 0.328 e. The lowest BCUT2D eigenvalue weighted by molar-refractivity contribution is -0.143. The number of hydrogen-bond donors (Lipinski definition) is 4. The van der Waals surface area contributed by atoms with E-state index in [0.29, 0.717) is 6.42 Å². The van der Waals surface area contributed by atoms with Crippen LogP contribution >= 0.6 is 35.6 Å². The van der Waals surface area contributed by atoms with Crippen LogP contribution in [0.5, 0.6) is 11.5 Å². The fourth-order valence-corrected chi connectivity index (χ4v) is 3.84. The van der Waals surface area contributed by atoms with Crippen molar-refractivity contribution in [3.8, 4) is 11.5 Å². The maximum atomic E-state index is 12.4. The second kappa shape index (κ2) is 16.5. The monoisotopic (exact) mass is 598 g/mol. The minimum Gasteiger partial charge on any atom is -0.508 e. The minimum absolute atomic E-state index is 0. The molecule has 0 spiro atoms. The summed E-state index contributed by atoms with van der Waals surface area (Å²) in [7, 11) is 2.54. The Morgan fingerprint density at radius 3 is 1.67 bits per heavy atom. The molecule has 210 valence electrons. The maximum Gasteiger partial charge on any atom is 0.328 e. The fraction of sp³-hybridized carbons (Fsp3) is 0.222. The third kappa shape index (κ3) is 10.6. The van der Waals surface area contributed by atoms with Crippen LogP contribution in [0.2, 0.25) is 10.0 Å². The normalized spacial score (nSPS) is 11.5. The highest BCUT2D eigenvalue weighted by Gasteiger charge is 2.25. The van der Waals surface area contributed by atoms with Gasteiger partial charge in [0.15, 0.2) is 0 Å². The first-order chi connectivity index (χ1) is 18.0. The van der Waals surface area contributed by atoms with Gasteiger partial charge in [-0.15, -0.1) is 12.4 Å². The molecule has 2 atom stereocenters. The number of ether oxygens (including phenoxy) is 2. The largest absolute Gasteiger partial charge is 0.508 e. The topological polar surface area (TPSA) is 148 Å². The van der Waals surface area contributed by atoms with Crippen molar-refractivity contribution >= 4 is 53.5 Å². The zero-order valence-corrected chi connectivity index (χ0v) is 23.4. The van der Waals surface area contributed by atoms with Gasteiger partial charge >= 0.3 is 11.9 Å². The second-order valence-electron chi connectivity index (χ2n) is 8.02. The first-order valence-electron chi connectivity index (χ1n) is 11.3. The van der Waals surface area contributed by atoms with Gasteiger partial charge in [-0.1, -0.05) is 53.5 Å². The Morgan fingerprint density at radius 1 is 0.795 bits per heavy atom. The van der Waals surface area contributed by atoms with Crippen molar-refractivity contribution < 1.29 is 34.1 Å². The number of benzene rings is 3. The van der Waals surface area contributed by atoms with Crippen molar-refractivity contribution in [3.05, 3.63) is 93.5 Å². The molecule has 39 heavy (non-hydrogen) atoms. The predicted octanol–water partition coefficient (Wildman–Crippen LogP) is 4.07. The Bertz CT molecular complexity index is 1220. The molecule has 0 fully saturated rings. The molecule has 0 heterocycles. The van der Waals surface area contributed by atoms with Crippen LogP contribution in [-0.2, 0) is 31.9 Å². The molecule has 9 nitrogen and oxygen atoms in total. The van der Waals surface area contributed by atoms with Gasteiger partial charge in [-0.3, -0.25) is 9.59 Å². The van der Waals surface area contributed by atoms with Crippen molar-refractivity contribution in [2.45, 2.75) is 24.9 Å². The summed E-state index contributed by atoms with van der Waals surface area (Å²) in [6, 6.07) is 16.0. The molecule has 1 amide bonds. The first kappa shape index (κ1) is 33.5. The van der Waals surface area contributed by atoms with Gasteiger partial charge in [0.2, 0.25) is 0 Å². The number of aromatic hydroxyl groups is 2. The predicted molar refractivity (Wildman–Crippen MR) is 151 cm³/mol. The van der Waals surface area contributed by atoms with E-state index in [0.717, 1.165) is 11.1 Å². The number of carbonyl (C=O) groups excluding carboxylic acids is 3. The van der Waals surface area contributed by atoms with E-state index in [1.54, 1.807) is 42.5 Å². The lowest BCUT2D eigenvalue weighted by Gasteiger charge is -2.17. The molecule has 0 aliphatic carbocycles. The number of nitrogens with two attached hydrogens (primary N) is 1. The number of amides is 1. The number of nitrogens with one attached hydrogen (secondary N) is 1. The molecule has 0 saturated heterocycles. The molecule has 12 heteroatoms. The Hall–Kier alpha value is -3.50. The molecule has 5 N–H and O–H groups in total. The molecule has 0 bridgehead atoms. The summed E-state index contributed by atoms with van der Waals surface area (Å²) in [6.45, 7) is 0. The molecular weight excluding hydrogens is 571 g/mol. The second-order valence-corrected chi connectivity index (χ2v) is 8.83. The van der Waals surface area contributed by atoms with E-state index in [2.05, 4.69) is 10.1 Å². The average molecular weight is 600 g/mol. The minimum atomic E-state index is -0.917. The van der Waals surface area contributed by atoms with Gasteiger partial charge in [0.25, 0.3) is 5.91 Å². The number of hydrogen-bond acceptors (Lipinski definition) is 8. The van der Waals surface area contributed by atoms with Gasteiger partial charge in [0.05, 0.1) is 29.8 Å². The number of halogens is 3. The van der Waals surface area contributed by atoms with Crippen LogP contribution in [0.15, 0.2) is 66.7 Å². The van der Waals surface area contributed by atoms with Crippen LogP contribution in [-0.4, -0.2) is 54.4 Å². The molecule has 0 saturated carbocycles. The standard InChI is InChI=1S/C17H15Cl2NO4.C10H13NO3.ClH/c1-24-17(23)14(9-10-5-7-11(21)8-6-10)20-16(22)15-12(18)3-2-4-13(15)19;1-14-10(13)9(11)6-7-2-4-8(12)5-3-7;/h2-8,14,21H,9H2,1H3,(H,20,22);2-5,9,12H,6,11H2,1H3;1H/t14-;9-;/m00./s1.